The van der Waals surface area contributed by atoms with Gasteiger partial charge < -0.3 is 14.2 Å². The van der Waals surface area contributed by atoms with Crippen LogP contribution in [0.25, 0.3) is 0 Å². The van der Waals surface area contributed by atoms with Crippen LogP contribution in [-0.2, 0) is 0 Å². The Kier molecular flexibility index (Phi) is 4.70. The fourth-order valence-corrected chi connectivity index (χ4v) is 2.19. The molecular formula is C16H15ClO4. The smallest absolute Gasteiger partial charge is 0.200 e. The highest BCUT2D eigenvalue weighted by molar-refractivity contribution is 6.31. The number of halogens is 1. The van der Waals surface area contributed by atoms with Crippen molar-refractivity contribution in [3.63, 3.8) is 0 Å². The molecule has 0 amide bonds. The van der Waals surface area contributed by atoms with E-state index in [1.807, 2.05) is 0 Å². The van der Waals surface area contributed by atoms with Gasteiger partial charge in [0.05, 0.1) is 21.3 Å². The van der Waals surface area contributed by atoms with E-state index in [0.29, 0.717) is 33.4 Å². The Morgan fingerprint density at radius 3 is 2.05 bits per heavy atom. The maximum Gasteiger partial charge on any atom is 0.200 e. The summed E-state index contributed by atoms with van der Waals surface area (Å²) < 4.78 is 15.7. The van der Waals surface area contributed by atoms with Gasteiger partial charge in [-0.2, -0.15) is 0 Å². The van der Waals surface area contributed by atoms with Gasteiger partial charge in [-0.05, 0) is 12.1 Å². The molecule has 110 valence electrons. The van der Waals surface area contributed by atoms with Crippen molar-refractivity contribution in [3.05, 3.63) is 52.5 Å². The van der Waals surface area contributed by atoms with E-state index in [2.05, 4.69) is 0 Å². The molecule has 0 saturated carbocycles. The zero-order chi connectivity index (χ0) is 15.4. The predicted molar refractivity (Wildman–Crippen MR) is 81.0 cm³/mol. The molecule has 4 nitrogen and oxygen atoms in total. The van der Waals surface area contributed by atoms with Crippen LogP contribution in [0.3, 0.4) is 0 Å². The van der Waals surface area contributed by atoms with Crippen LogP contribution >= 0.6 is 11.6 Å². The molecule has 0 radical (unpaired) electrons. The number of methoxy groups -OCH3 is 3. The Morgan fingerprint density at radius 2 is 1.57 bits per heavy atom. The maximum absolute atomic E-state index is 12.7. The quantitative estimate of drug-likeness (QED) is 0.792. The Balaban J connectivity index is 2.59. The van der Waals surface area contributed by atoms with Gasteiger partial charge in [-0.1, -0.05) is 23.7 Å². The molecule has 0 saturated heterocycles. The average Bonchev–Trinajstić information content (AvgIpc) is 2.52. The molecule has 0 aliphatic rings. The number of hydrogen-bond donors (Lipinski definition) is 0. The molecule has 21 heavy (non-hydrogen) atoms. The molecule has 0 aliphatic heterocycles. The fourth-order valence-electron chi connectivity index (χ4n) is 2.00. The van der Waals surface area contributed by atoms with E-state index in [0.717, 1.165) is 0 Å². The fraction of sp³-hybridized carbons (Fsp3) is 0.188. The molecule has 0 unspecified atom stereocenters. The van der Waals surface area contributed by atoms with Crippen molar-refractivity contribution in [2.75, 3.05) is 21.3 Å². The van der Waals surface area contributed by atoms with Crippen molar-refractivity contribution in [2.24, 2.45) is 0 Å². The Morgan fingerprint density at radius 1 is 0.952 bits per heavy atom. The number of carbonyl (C=O) groups is 1. The lowest BCUT2D eigenvalue weighted by Crippen LogP contribution is -2.07. The van der Waals surface area contributed by atoms with Gasteiger partial charge in [-0.25, -0.2) is 0 Å². The van der Waals surface area contributed by atoms with Gasteiger partial charge in [0.25, 0.3) is 0 Å². The van der Waals surface area contributed by atoms with Crippen molar-refractivity contribution >= 4 is 17.4 Å². The summed E-state index contributed by atoms with van der Waals surface area (Å²) in [6.07, 6.45) is 0. The predicted octanol–water partition coefficient (Wildman–Crippen LogP) is 3.60. The van der Waals surface area contributed by atoms with E-state index in [4.69, 9.17) is 25.8 Å². The molecule has 0 aromatic heterocycles. The zero-order valence-corrected chi connectivity index (χ0v) is 12.7. The molecule has 0 N–H and O–H groups in total. The summed E-state index contributed by atoms with van der Waals surface area (Å²) in [6.45, 7) is 0. The van der Waals surface area contributed by atoms with Gasteiger partial charge >= 0.3 is 0 Å². The van der Waals surface area contributed by atoms with E-state index < -0.39 is 0 Å². The highest BCUT2D eigenvalue weighted by atomic mass is 35.5. The third-order valence-corrected chi connectivity index (χ3v) is 3.26. The minimum Gasteiger partial charge on any atom is -0.496 e. The first-order valence-corrected chi connectivity index (χ1v) is 6.58. The SMILES string of the molecule is COc1cc(OC)c(C(=O)c2cccc(Cl)c2)c(OC)c1. The summed E-state index contributed by atoms with van der Waals surface area (Å²) in [5.74, 6) is 1.09. The van der Waals surface area contributed by atoms with Crippen molar-refractivity contribution < 1.29 is 19.0 Å². The third kappa shape index (κ3) is 3.11. The summed E-state index contributed by atoms with van der Waals surface area (Å²) in [6, 6.07) is 10.0. The topological polar surface area (TPSA) is 44.8 Å². The molecule has 0 spiro atoms. The summed E-state index contributed by atoms with van der Waals surface area (Å²) in [5.41, 5.74) is 0.798. The highest BCUT2D eigenvalue weighted by Gasteiger charge is 2.21. The van der Waals surface area contributed by atoms with Crippen molar-refractivity contribution in [3.8, 4) is 17.2 Å². The molecule has 0 fully saturated rings. The number of rotatable bonds is 5. The first-order chi connectivity index (χ1) is 10.1. The van der Waals surface area contributed by atoms with Gasteiger partial charge in [0.2, 0.25) is 5.78 Å². The lowest BCUT2D eigenvalue weighted by atomic mass is 10.0. The first-order valence-electron chi connectivity index (χ1n) is 6.21. The van der Waals surface area contributed by atoms with E-state index in [1.165, 1.54) is 21.3 Å². The monoisotopic (exact) mass is 306 g/mol. The zero-order valence-electron chi connectivity index (χ0n) is 12.0. The van der Waals surface area contributed by atoms with Gasteiger partial charge in [0.15, 0.2) is 0 Å². The second-order valence-corrected chi connectivity index (χ2v) is 4.68. The minimum absolute atomic E-state index is 0.228. The molecule has 0 heterocycles. The molecule has 0 bridgehead atoms. The van der Waals surface area contributed by atoms with Crippen LogP contribution in [0.2, 0.25) is 5.02 Å². The molecule has 2 aromatic carbocycles. The summed E-state index contributed by atoms with van der Waals surface area (Å²) in [4.78, 5) is 12.7. The van der Waals surface area contributed by atoms with Crippen LogP contribution < -0.4 is 14.2 Å². The van der Waals surface area contributed by atoms with Crippen LogP contribution in [0.15, 0.2) is 36.4 Å². The Bertz CT molecular complexity index is 642. The van der Waals surface area contributed by atoms with Gasteiger partial charge in [0.1, 0.15) is 22.8 Å². The second kappa shape index (κ2) is 6.50. The van der Waals surface area contributed by atoms with E-state index in [1.54, 1.807) is 36.4 Å². The summed E-state index contributed by atoms with van der Waals surface area (Å²) >= 11 is 5.94. The normalized spacial score (nSPS) is 10.1. The lowest BCUT2D eigenvalue weighted by molar-refractivity contribution is 0.103. The molecule has 2 rings (SSSR count). The van der Waals surface area contributed by atoms with E-state index >= 15 is 0 Å². The standard InChI is InChI=1S/C16H15ClO4/c1-19-12-8-13(20-2)15(14(9-12)21-3)16(18)10-5-4-6-11(17)7-10/h4-9H,1-3H3. The van der Waals surface area contributed by atoms with Crippen LogP contribution in [0.1, 0.15) is 15.9 Å². The first kappa shape index (κ1) is 15.2. The summed E-state index contributed by atoms with van der Waals surface area (Å²) in [7, 11) is 4.51. The number of carbonyl (C=O) groups excluding carboxylic acids is 1. The highest BCUT2D eigenvalue weighted by Crippen LogP contribution is 2.35. The van der Waals surface area contributed by atoms with Gasteiger partial charge in [-0.15, -0.1) is 0 Å². The minimum atomic E-state index is -0.228. The molecule has 0 aliphatic carbocycles. The van der Waals surface area contributed by atoms with Crippen LogP contribution in [0.5, 0.6) is 17.2 Å². The van der Waals surface area contributed by atoms with Crippen molar-refractivity contribution in [1.82, 2.24) is 0 Å². The second-order valence-electron chi connectivity index (χ2n) is 4.25. The maximum atomic E-state index is 12.7. The number of hydrogen-bond acceptors (Lipinski definition) is 4. The summed E-state index contributed by atoms with van der Waals surface area (Å²) in [5, 5.41) is 0.493. The van der Waals surface area contributed by atoms with E-state index in [9.17, 15) is 4.79 Å². The van der Waals surface area contributed by atoms with Crippen LogP contribution in [-0.4, -0.2) is 27.1 Å². The lowest BCUT2D eigenvalue weighted by Gasteiger charge is -2.14. The van der Waals surface area contributed by atoms with Gasteiger partial charge in [-0.3, -0.25) is 4.79 Å². The number of benzene rings is 2. The van der Waals surface area contributed by atoms with Crippen molar-refractivity contribution in [2.45, 2.75) is 0 Å². The van der Waals surface area contributed by atoms with E-state index in [-0.39, 0.29) is 5.78 Å². The number of ether oxygens (including phenoxy) is 3. The number of ketones is 1. The molecule has 0 atom stereocenters. The van der Waals surface area contributed by atoms with Crippen LogP contribution in [0.4, 0.5) is 0 Å². The average molecular weight is 307 g/mol. The molecular weight excluding hydrogens is 292 g/mol. The molecule has 5 heteroatoms. The Labute approximate surface area is 128 Å². The molecule has 2 aromatic rings. The van der Waals surface area contributed by atoms with Crippen molar-refractivity contribution in [1.29, 1.82) is 0 Å². The Hall–Kier alpha value is -2.20. The van der Waals surface area contributed by atoms with Gasteiger partial charge in [0, 0.05) is 22.7 Å². The largest absolute Gasteiger partial charge is 0.496 e. The van der Waals surface area contributed by atoms with Crippen LogP contribution in [0, 0.1) is 0 Å². The third-order valence-electron chi connectivity index (χ3n) is 3.03.